The first-order valence-corrected chi connectivity index (χ1v) is 7.28. The van der Waals surface area contributed by atoms with Crippen molar-refractivity contribution in [2.75, 3.05) is 5.48 Å². The number of anilines is 1. The number of rotatable bonds is 5. The Morgan fingerprint density at radius 2 is 1.92 bits per heavy atom. The molecule has 9 heteroatoms. The Kier molecular flexibility index (Phi) is 4.59. The smallest absolute Gasteiger partial charge is 0.299 e. The molecular weight excluding hydrogens is 326 g/mol. The second-order valence-corrected chi connectivity index (χ2v) is 5.16. The average Bonchev–Trinajstić information content (AvgIpc) is 2.91. The number of nitrogens with zero attached hydrogens (tertiary/aromatic N) is 3. The van der Waals surface area contributed by atoms with Crippen LogP contribution in [0.4, 0.5) is 17.1 Å². The molecule has 0 aliphatic rings. The summed E-state index contributed by atoms with van der Waals surface area (Å²) < 4.78 is 1.36. The van der Waals surface area contributed by atoms with Gasteiger partial charge in [-0.25, -0.2) is 15.4 Å². The minimum absolute atomic E-state index is 0.105. The molecule has 0 aliphatic carbocycles. The minimum atomic E-state index is -0.361. The Hall–Kier alpha value is -3.43. The number of hydrogen-bond donors (Lipinski definition) is 4. The molecule has 3 aromatic rings. The molecule has 9 nitrogen and oxygen atoms in total. The Morgan fingerprint density at radius 3 is 2.64 bits per heavy atom. The highest BCUT2D eigenvalue weighted by Crippen LogP contribution is 2.31. The van der Waals surface area contributed by atoms with Crippen LogP contribution < -0.4 is 11.0 Å². The van der Waals surface area contributed by atoms with Crippen molar-refractivity contribution in [3.05, 3.63) is 64.6 Å². The van der Waals surface area contributed by atoms with Crippen molar-refractivity contribution >= 4 is 17.1 Å². The van der Waals surface area contributed by atoms with Crippen LogP contribution in [0.5, 0.6) is 5.75 Å². The van der Waals surface area contributed by atoms with E-state index in [9.17, 15) is 9.90 Å². The molecule has 0 unspecified atom stereocenters. The molecule has 0 fully saturated rings. The summed E-state index contributed by atoms with van der Waals surface area (Å²) in [6.07, 6.45) is 0. The Bertz CT molecular complexity index is 962. The summed E-state index contributed by atoms with van der Waals surface area (Å²) in [5, 5.41) is 29.0. The maximum atomic E-state index is 12.5. The van der Waals surface area contributed by atoms with E-state index in [-0.39, 0.29) is 22.7 Å². The van der Waals surface area contributed by atoms with Crippen molar-refractivity contribution in [3.63, 3.8) is 0 Å². The van der Waals surface area contributed by atoms with Gasteiger partial charge in [-0.3, -0.25) is 9.89 Å². The Balaban J connectivity index is 1.96. The summed E-state index contributed by atoms with van der Waals surface area (Å²) in [4.78, 5) is 16.3. The zero-order valence-electron chi connectivity index (χ0n) is 13.2. The van der Waals surface area contributed by atoms with Crippen molar-refractivity contribution in [2.45, 2.75) is 6.92 Å². The van der Waals surface area contributed by atoms with E-state index in [0.717, 1.165) is 0 Å². The highest BCUT2D eigenvalue weighted by Gasteiger charge is 2.12. The van der Waals surface area contributed by atoms with Crippen molar-refractivity contribution in [1.82, 2.24) is 9.78 Å². The second kappa shape index (κ2) is 6.99. The van der Waals surface area contributed by atoms with Gasteiger partial charge in [0, 0.05) is 0 Å². The Morgan fingerprint density at radius 1 is 1.16 bits per heavy atom. The topological polar surface area (TPSA) is 124 Å². The van der Waals surface area contributed by atoms with Crippen LogP contribution in [-0.2, 0) is 4.99 Å². The van der Waals surface area contributed by atoms with Gasteiger partial charge in [0.2, 0.25) is 0 Å². The monoisotopic (exact) mass is 341 g/mol. The molecule has 0 saturated heterocycles. The molecule has 0 atom stereocenters. The largest absolute Gasteiger partial charge is 0.506 e. The van der Waals surface area contributed by atoms with E-state index in [4.69, 9.17) is 5.26 Å². The van der Waals surface area contributed by atoms with Crippen LogP contribution in [0.2, 0.25) is 0 Å². The van der Waals surface area contributed by atoms with Gasteiger partial charge in [-0.1, -0.05) is 18.2 Å². The number of phenolic OH excluding ortho intramolecular Hbond substituents is 1. The number of azo groups is 1. The highest BCUT2D eigenvalue weighted by atomic mass is 17.2. The number of aromatic hydroxyl groups is 1. The average molecular weight is 341 g/mol. The highest BCUT2D eigenvalue weighted by molar-refractivity contribution is 5.60. The van der Waals surface area contributed by atoms with Crippen molar-refractivity contribution < 1.29 is 15.4 Å². The normalized spacial score (nSPS) is 11.1. The molecule has 1 heterocycles. The van der Waals surface area contributed by atoms with Gasteiger partial charge in [-0.2, -0.15) is 0 Å². The number of aromatic amines is 1. The molecule has 0 aliphatic heterocycles. The van der Waals surface area contributed by atoms with Crippen molar-refractivity contribution in [2.24, 2.45) is 10.2 Å². The zero-order valence-corrected chi connectivity index (χ0v) is 13.2. The number of nitrogens with one attached hydrogen (secondary N) is 2. The van der Waals surface area contributed by atoms with E-state index in [0.29, 0.717) is 17.1 Å². The van der Waals surface area contributed by atoms with Crippen LogP contribution in [0.1, 0.15) is 5.69 Å². The van der Waals surface area contributed by atoms with Gasteiger partial charge in [0.25, 0.3) is 5.56 Å². The van der Waals surface area contributed by atoms with Gasteiger partial charge in [0.15, 0.2) is 5.69 Å². The molecule has 25 heavy (non-hydrogen) atoms. The summed E-state index contributed by atoms with van der Waals surface area (Å²) >= 11 is 0. The van der Waals surface area contributed by atoms with Crippen LogP contribution in [0, 0.1) is 6.92 Å². The summed E-state index contributed by atoms with van der Waals surface area (Å²) in [5.41, 5.74) is 3.61. The fraction of sp³-hybridized carbons (Fsp3) is 0.0625. The van der Waals surface area contributed by atoms with Gasteiger partial charge in [-0.05, 0) is 37.3 Å². The number of phenols is 1. The zero-order chi connectivity index (χ0) is 17.8. The number of H-pyrrole nitrogens is 1. The molecule has 0 spiro atoms. The molecule has 0 radical (unpaired) electrons. The van der Waals surface area contributed by atoms with Crippen LogP contribution in [0.3, 0.4) is 0 Å². The second-order valence-electron chi connectivity index (χ2n) is 5.16. The summed E-state index contributed by atoms with van der Waals surface area (Å²) in [6.45, 7) is 1.70. The number of para-hydroxylation sites is 1. The maximum absolute atomic E-state index is 12.5. The standard InChI is InChI=1S/C16H15N5O4/c1-10-15(16(23)21(19-10)12-5-3-2-4-6-12)18-17-13-9-11(20-25-24)7-8-14(13)22/h2-9,19-20,22,24H,1H3. The predicted molar refractivity (Wildman–Crippen MR) is 90.7 cm³/mol. The SMILES string of the molecule is Cc1[nH]n(-c2ccccc2)c(=O)c1N=Nc1cc(NOO)ccc1O. The Labute approximate surface area is 141 Å². The third-order valence-electron chi connectivity index (χ3n) is 3.45. The van der Waals surface area contributed by atoms with Crippen molar-refractivity contribution in [3.8, 4) is 11.4 Å². The third kappa shape index (κ3) is 3.42. The van der Waals surface area contributed by atoms with Gasteiger partial charge in [0.1, 0.15) is 11.4 Å². The van der Waals surface area contributed by atoms with E-state index in [1.807, 2.05) is 18.2 Å². The summed E-state index contributed by atoms with van der Waals surface area (Å²) in [7, 11) is 0. The molecule has 2 aromatic carbocycles. The van der Waals surface area contributed by atoms with E-state index in [2.05, 4.69) is 25.8 Å². The first-order valence-electron chi connectivity index (χ1n) is 7.28. The number of benzene rings is 2. The van der Waals surface area contributed by atoms with Crippen LogP contribution in [0.25, 0.3) is 5.69 Å². The fourth-order valence-electron chi connectivity index (χ4n) is 2.24. The van der Waals surface area contributed by atoms with E-state index >= 15 is 0 Å². The molecule has 3 rings (SSSR count). The molecule has 0 bridgehead atoms. The minimum Gasteiger partial charge on any atom is -0.506 e. The van der Waals surface area contributed by atoms with Gasteiger partial charge >= 0.3 is 0 Å². The summed E-state index contributed by atoms with van der Waals surface area (Å²) in [6, 6.07) is 13.3. The summed E-state index contributed by atoms with van der Waals surface area (Å²) in [5.74, 6) is -0.135. The predicted octanol–water partition coefficient (Wildman–Crippen LogP) is 3.41. The van der Waals surface area contributed by atoms with Crippen LogP contribution >= 0.6 is 0 Å². The molecule has 4 N–H and O–H groups in total. The molecular formula is C16H15N5O4. The molecule has 128 valence electrons. The first kappa shape index (κ1) is 16.4. The third-order valence-corrected chi connectivity index (χ3v) is 3.45. The lowest BCUT2D eigenvalue weighted by Gasteiger charge is -2.02. The van der Waals surface area contributed by atoms with Crippen LogP contribution in [0.15, 0.2) is 63.6 Å². The van der Waals surface area contributed by atoms with E-state index in [1.165, 1.54) is 22.9 Å². The lowest BCUT2D eigenvalue weighted by atomic mass is 10.2. The van der Waals surface area contributed by atoms with Crippen LogP contribution in [-0.4, -0.2) is 20.1 Å². The number of hydrogen-bond acceptors (Lipinski definition) is 7. The van der Waals surface area contributed by atoms with Gasteiger partial charge in [0.05, 0.1) is 17.1 Å². The molecule has 0 amide bonds. The van der Waals surface area contributed by atoms with Gasteiger partial charge < -0.3 is 5.11 Å². The van der Waals surface area contributed by atoms with E-state index in [1.54, 1.807) is 19.1 Å². The number of aryl methyl sites for hydroxylation is 1. The maximum Gasteiger partial charge on any atom is 0.299 e. The lowest BCUT2D eigenvalue weighted by molar-refractivity contribution is -0.215. The quantitative estimate of drug-likeness (QED) is 0.245. The molecule has 1 aromatic heterocycles. The number of aromatic nitrogens is 2. The lowest BCUT2D eigenvalue weighted by Crippen LogP contribution is -2.13. The van der Waals surface area contributed by atoms with E-state index < -0.39 is 0 Å². The first-order chi connectivity index (χ1) is 12.1. The molecule has 0 saturated carbocycles. The van der Waals surface area contributed by atoms with Gasteiger partial charge in [-0.15, -0.1) is 15.2 Å². The van der Waals surface area contributed by atoms with Crippen molar-refractivity contribution in [1.29, 1.82) is 0 Å². The fourth-order valence-corrected chi connectivity index (χ4v) is 2.24.